The van der Waals surface area contributed by atoms with Crippen LogP contribution in [0.4, 0.5) is 0 Å². The van der Waals surface area contributed by atoms with Crippen molar-refractivity contribution in [2.24, 2.45) is 5.73 Å². The molecule has 1 atom stereocenters. The van der Waals surface area contributed by atoms with Crippen molar-refractivity contribution < 1.29 is 30.9 Å². The maximum atomic E-state index is 11.4. The van der Waals surface area contributed by atoms with E-state index in [-0.39, 0.29) is 15.7 Å². The van der Waals surface area contributed by atoms with Gasteiger partial charge in [-0.15, -0.1) is 0 Å². The lowest BCUT2D eigenvalue weighted by Crippen LogP contribution is -2.29. The van der Waals surface area contributed by atoms with Crippen LogP contribution in [0.5, 0.6) is 0 Å². The summed E-state index contributed by atoms with van der Waals surface area (Å²) in [6, 6.07) is 5.00. The lowest BCUT2D eigenvalue weighted by Gasteiger charge is -2.20. The van der Waals surface area contributed by atoms with E-state index in [9.17, 15) is 26.2 Å². The van der Waals surface area contributed by atoms with Gasteiger partial charge in [0.2, 0.25) is 0 Å². The first-order chi connectivity index (χ1) is 12.4. The number of sulfone groups is 1. The third kappa shape index (κ3) is 12.1. The van der Waals surface area contributed by atoms with E-state index in [4.69, 9.17) is 22.1 Å². The summed E-state index contributed by atoms with van der Waals surface area (Å²) in [6.07, 6.45) is 1.97. The number of carbonyl (C=O) groups excluding carboxylic acids is 1. The number of rotatable bonds is 5. The second kappa shape index (κ2) is 10.4. The van der Waals surface area contributed by atoms with Gasteiger partial charge in [0.1, 0.15) is 20.1 Å². The van der Waals surface area contributed by atoms with Crippen molar-refractivity contribution in [3.05, 3.63) is 40.3 Å². The first kappa shape index (κ1) is 26.5. The minimum absolute atomic E-state index is 0.122. The molecule has 0 aliphatic heterocycles. The minimum atomic E-state index is -4.27. The van der Waals surface area contributed by atoms with Crippen molar-refractivity contribution in [3.8, 4) is 0 Å². The molecule has 0 spiro atoms. The smallest absolute Gasteiger partial charge is 0.308 e. The molecular weight excluding hydrogens is 430 g/mol. The zero-order valence-corrected chi connectivity index (χ0v) is 18.7. The van der Waals surface area contributed by atoms with Crippen LogP contribution in [0.3, 0.4) is 0 Å². The van der Waals surface area contributed by atoms with E-state index < -0.39 is 37.6 Å². The van der Waals surface area contributed by atoms with E-state index in [0.717, 1.165) is 17.9 Å². The molecule has 0 aliphatic carbocycles. The van der Waals surface area contributed by atoms with Crippen molar-refractivity contribution >= 4 is 37.5 Å². The van der Waals surface area contributed by atoms with Gasteiger partial charge in [-0.25, -0.2) is 16.8 Å². The fourth-order valence-electron chi connectivity index (χ4n) is 1.63. The van der Waals surface area contributed by atoms with Gasteiger partial charge in [-0.1, -0.05) is 29.3 Å². The molecule has 1 aromatic carbocycles. The van der Waals surface area contributed by atoms with Gasteiger partial charge in [-0.2, -0.15) is 0 Å². The summed E-state index contributed by atoms with van der Waals surface area (Å²) in [5, 5.41) is 0. The maximum absolute atomic E-state index is 11.4. The predicted octanol–water partition coefficient (Wildman–Crippen LogP) is 2.07. The molecule has 160 valence electrons. The molecule has 2 N–H and O–H groups in total. The highest BCUT2D eigenvalue weighted by molar-refractivity contribution is 7.96. The normalized spacial score (nSPS) is 13.9. The van der Waals surface area contributed by atoms with Crippen molar-refractivity contribution in [3.63, 3.8) is 0 Å². The predicted molar refractivity (Wildman–Crippen MR) is 106 cm³/mol. The Morgan fingerprint density at radius 2 is 1.68 bits per heavy atom. The van der Waals surface area contributed by atoms with Gasteiger partial charge in [0.05, 0.1) is 11.3 Å². The van der Waals surface area contributed by atoms with E-state index in [2.05, 4.69) is 0 Å². The molecule has 1 rings (SSSR count). The van der Waals surface area contributed by atoms with Gasteiger partial charge in [-0.3, -0.25) is 4.79 Å². The highest BCUT2D eigenvalue weighted by Crippen LogP contribution is 2.13. The SMILES string of the molecule is CC(C)(C)OC(=O)C[C@H](N)/C=C(\Cl)S(C)(=O)=O.Cc1ccc(S(=O)(=O)[O-])cc1. The second-order valence-corrected chi connectivity index (χ2v) is 11.0. The van der Waals surface area contributed by atoms with E-state index in [1.807, 2.05) is 6.92 Å². The maximum Gasteiger partial charge on any atom is 0.308 e. The number of hydrogen-bond donors (Lipinski definition) is 1. The van der Waals surface area contributed by atoms with Crippen molar-refractivity contribution in [1.82, 2.24) is 0 Å². The van der Waals surface area contributed by atoms with Crippen molar-refractivity contribution in [2.75, 3.05) is 6.26 Å². The van der Waals surface area contributed by atoms with E-state index in [1.165, 1.54) is 12.1 Å². The Morgan fingerprint density at radius 1 is 1.21 bits per heavy atom. The molecule has 8 nitrogen and oxygen atoms in total. The van der Waals surface area contributed by atoms with Crippen LogP contribution >= 0.6 is 11.6 Å². The van der Waals surface area contributed by atoms with Crippen LogP contribution in [0.2, 0.25) is 0 Å². The fraction of sp³-hybridized carbons (Fsp3) is 0.471. The van der Waals surface area contributed by atoms with Gasteiger partial charge in [-0.05, 0) is 45.9 Å². The molecule has 1 aromatic rings. The van der Waals surface area contributed by atoms with Gasteiger partial charge in [0.25, 0.3) is 0 Å². The fourth-order valence-corrected chi connectivity index (χ4v) is 2.68. The number of carbonyl (C=O) groups is 1. The number of halogens is 1. The Labute approximate surface area is 171 Å². The van der Waals surface area contributed by atoms with Crippen LogP contribution in [-0.4, -0.2) is 45.3 Å². The van der Waals surface area contributed by atoms with Crippen molar-refractivity contribution in [2.45, 2.75) is 50.7 Å². The summed E-state index contributed by atoms with van der Waals surface area (Å²) < 4.78 is 57.9. The summed E-state index contributed by atoms with van der Waals surface area (Å²) in [4.78, 5) is 11.2. The Kier molecular flexibility index (Phi) is 9.81. The molecule has 11 heteroatoms. The van der Waals surface area contributed by atoms with Gasteiger partial charge < -0.3 is 15.0 Å². The molecule has 0 amide bonds. The molecule has 0 saturated carbocycles. The highest BCUT2D eigenvalue weighted by atomic mass is 35.5. The number of benzene rings is 1. The Bertz CT molecular complexity index is 900. The number of esters is 1. The molecule has 0 aliphatic rings. The molecule has 28 heavy (non-hydrogen) atoms. The largest absolute Gasteiger partial charge is 0.744 e. The van der Waals surface area contributed by atoms with Crippen LogP contribution < -0.4 is 5.73 Å². The molecular formula is C17H25ClNO7S2-. The number of nitrogens with two attached hydrogens (primary N) is 1. The van der Waals surface area contributed by atoms with Crippen LogP contribution in [0.1, 0.15) is 32.8 Å². The average Bonchev–Trinajstić information content (AvgIpc) is 2.43. The van der Waals surface area contributed by atoms with Crippen molar-refractivity contribution in [1.29, 1.82) is 0 Å². The van der Waals surface area contributed by atoms with E-state index in [0.29, 0.717) is 0 Å². The summed E-state index contributed by atoms with van der Waals surface area (Å²) in [5.74, 6) is -0.501. The molecule has 0 fully saturated rings. The molecule has 0 bridgehead atoms. The van der Waals surface area contributed by atoms with Crippen LogP contribution in [-0.2, 0) is 29.5 Å². The minimum Gasteiger partial charge on any atom is -0.744 e. The van der Waals surface area contributed by atoms with Gasteiger partial charge in [0.15, 0.2) is 9.84 Å². The van der Waals surface area contributed by atoms with Crippen LogP contribution in [0.25, 0.3) is 0 Å². The summed E-state index contributed by atoms with van der Waals surface area (Å²) in [7, 11) is -7.74. The molecule has 0 unspecified atom stereocenters. The quantitative estimate of drug-likeness (QED) is 0.525. The summed E-state index contributed by atoms with van der Waals surface area (Å²) in [5.41, 5.74) is 5.90. The Balaban J connectivity index is 0.000000567. The topological polar surface area (TPSA) is 144 Å². The highest BCUT2D eigenvalue weighted by Gasteiger charge is 2.19. The number of ether oxygens (including phenoxy) is 1. The first-order valence-corrected chi connectivity index (χ1v) is 11.7. The third-order valence-electron chi connectivity index (χ3n) is 2.83. The second-order valence-electron chi connectivity index (χ2n) is 6.96. The van der Waals surface area contributed by atoms with E-state index in [1.54, 1.807) is 32.9 Å². The lowest BCUT2D eigenvalue weighted by molar-refractivity contribution is -0.154. The molecule has 0 radical (unpaired) electrons. The summed E-state index contributed by atoms with van der Waals surface area (Å²) >= 11 is 5.51. The Hall–Kier alpha value is -1.46. The standard InChI is InChI=1S/C10H18ClNO4S.C7H8O3S/c1-10(2,3)16-9(13)6-7(12)5-8(11)17(4,14)15;1-6-2-4-7(5-3-6)11(8,9)10/h5,7H,6,12H2,1-4H3;2-5H,1H3,(H,8,9,10)/p-1/b8-5+;/t7-;/m1./s1. The van der Waals surface area contributed by atoms with Crippen LogP contribution in [0.15, 0.2) is 39.6 Å². The first-order valence-electron chi connectivity index (χ1n) is 7.99. The average molecular weight is 455 g/mol. The lowest BCUT2D eigenvalue weighted by atomic mass is 10.2. The number of aryl methyl sites for hydroxylation is 1. The third-order valence-corrected chi connectivity index (χ3v) is 5.49. The number of hydrogen-bond acceptors (Lipinski definition) is 8. The van der Waals surface area contributed by atoms with Gasteiger partial charge >= 0.3 is 5.97 Å². The van der Waals surface area contributed by atoms with Gasteiger partial charge in [0, 0.05) is 12.3 Å². The monoisotopic (exact) mass is 454 g/mol. The Morgan fingerprint density at radius 3 is 2.04 bits per heavy atom. The van der Waals surface area contributed by atoms with Crippen LogP contribution in [0, 0.1) is 6.92 Å². The summed E-state index contributed by atoms with van der Waals surface area (Å²) in [6.45, 7) is 7.02. The molecule has 0 saturated heterocycles. The zero-order valence-electron chi connectivity index (χ0n) is 16.3. The van der Waals surface area contributed by atoms with E-state index >= 15 is 0 Å². The zero-order chi connectivity index (χ0) is 22.3. The molecule has 0 aromatic heterocycles. The molecule has 0 heterocycles.